The monoisotopic (exact) mass is 312 g/mol. The van der Waals surface area contributed by atoms with E-state index in [0.29, 0.717) is 0 Å². The van der Waals surface area contributed by atoms with Gasteiger partial charge in [-0.05, 0) is 43.0 Å². The number of benzene rings is 1. The van der Waals surface area contributed by atoms with E-state index < -0.39 is 0 Å². The van der Waals surface area contributed by atoms with Gasteiger partial charge in [0.1, 0.15) is 5.75 Å². The quantitative estimate of drug-likeness (QED) is 0.913. The van der Waals surface area contributed by atoms with E-state index in [4.69, 9.17) is 4.74 Å². The van der Waals surface area contributed by atoms with Crippen molar-refractivity contribution in [3.63, 3.8) is 0 Å². The summed E-state index contributed by atoms with van der Waals surface area (Å²) in [6.07, 6.45) is 7.63. The Labute approximate surface area is 136 Å². The first-order chi connectivity index (χ1) is 11.2. The Morgan fingerprint density at radius 3 is 2.83 bits per heavy atom. The van der Waals surface area contributed by atoms with Crippen molar-refractivity contribution in [2.45, 2.75) is 51.0 Å². The molecule has 1 aromatic carbocycles. The molecule has 122 valence electrons. The fourth-order valence-electron chi connectivity index (χ4n) is 4.17. The molecular weight excluding hydrogens is 288 g/mol. The molecule has 0 bridgehead atoms. The number of carbonyl (C=O) groups excluding carboxylic acids is 1. The molecule has 1 heterocycles. The molecule has 2 aromatic rings. The van der Waals surface area contributed by atoms with E-state index in [2.05, 4.69) is 22.4 Å². The molecule has 23 heavy (non-hydrogen) atoms. The van der Waals surface area contributed by atoms with Crippen molar-refractivity contribution in [1.82, 2.24) is 10.3 Å². The van der Waals surface area contributed by atoms with Gasteiger partial charge in [0.05, 0.1) is 7.11 Å². The Bertz CT molecular complexity index is 728. The number of ether oxygens (including phenoxy) is 1. The zero-order chi connectivity index (χ0) is 15.8. The second kappa shape index (κ2) is 5.91. The number of aromatic amines is 1. The lowest BCUT2D eigenvalue weighted by Gasteiger charge is -2.23. The van der Waals surface area contributed by atoms with Gasteiger partial charge in [-0.15, -0.1) is 0 Å². The molecular formula is C19H24N2O2. The van der Waals surface area contributed by atoms with Gasteiger partial charge in [0.15, 0.2) is 0 Å². The molecule has 2 aliphatic carbocycles. The number of carbonyl (C=O) groups is 1. The van der Waals surface area contributed by atoms with Crippen LogP contribution in [-0.2, 0) is 17.6 Å². The Hall–Kier alpha value is -1.97. The molecule has 4 heteroatoms. The summed E-state index contributed by atoms with van der Waals surface area (Å²) in [6, 6.07) is 6.38. The summed E-state index contributed by atoms with van der Waals surface area (Å²) in [5.41, 5.74) is 3.77. The van der Waals surface area contributed by atoms with Gasteiger partial charge in [-0.2, -0.15) is 0 Å². The third kappa shape index (κ3) is 2.71. The average Bonchev–Trinajstić information content (AvgIpc) is 3.12. The highest BCUT2D eigenvalue weighted by molar-refractivity contribution is 5.87. The fraction of sp³-hybridized carbons (Fsp3) is 0.526. The predicted molar refractivity (Wildman–Crippen MR) is 90.8 cm³/mol. The van der Waals surface area contributed by atoms with Gasteiger partial charge in [-0.1, -0.05) is 19.3 Å². The maximum atomic E-state index is 12.4. The van der Waals surface area contributed by atoms with Crippen LogP contribution in [0.25, 0.3) is 10.9 Å². The van der Waals surface area contributed by atoms with Crippen LogP contribution in [0.15, 0.2) is 18.2 Å². The number of amides is 1. The zero-order valence-corrected chi connectivity index (χ0v) is 13.7. The third-order valence-electron chi connectivity index (χ3n) is 5.43. The molecule has 1 aromatic heterocycles. The molecule has 2 N–H and O–H groups in total. The van der Waals surface area contributed by atoms with Crippen LogP contribution in [0.3, 0.4) is 0 Å². The van der Waals surface area contributed by atoms with Crippen molar-refractivity contribution in [3.8, 4) is 5.75 Å². The number of aromatic nitrogens is 1. The SMILES string of the molecule is COc1ccc2[nH]c3c(c2c1)CC(NC(=O)C1CCCCC1)C3. The first kappa shape index (κ1) is 14.6. The smallest absolute Gasteiger partial charge is 0.223 e. The minimum atomic E-state index is 0.236. The van der Waals surface area contributed by atoms with E-state index >= 15 is 0 Å². The summed E-state index contributed by atoms with van der Waals surface area (Å²) in [7, 11) is 1.70. The fourth-order valence-corrected chi connectivity index (χ4v) is 4.17. The number of nitrogens with one attached hydrogen (secondary N) is 2. The lowest BCUT2D eigenvalue weighted by molar-refractivity contribution is -0.126. The Balaban J connectivity index is 1.48. The molecule has 0 radical (unpaired) electrons. The second-order valence-corrected chi connectivity index (χ2v) is 6.94. The molecule has 0 aliphatic heterocycles. The van der Waals surface area contributed by atoms with Crippen LogP contribution in [0.1, 0.15) is 43.4 Å². The third-order valence-corrected chi connectivity index (χ3v) is 5.43. The van der Waals surface area contributed by atoms with E-state index in [-0.39, 0.29) is 17.9 Å². The van der Waals surface area contributed by atoms with Crippen LogP contribution in [-0.4, -0.2) is 24.0 Å². The van der Waals surface area contributed by atoms with E-state index in [1.165, 1.54) is 35.9 Å². The van der Waals surface area contributed by atoms with Crippen LogP contribution in [0, 0.1) is 5.92 Å². The summed E-state index contributed by atoms with van der Waals surface area (Å²) >= 11 is 0. The van der Waals surface area contributed by atoms with Crippen molar-refractivity contribution in [1.29, 1.82) is 0 Å². The predicted octanol–water partition coefficient (Wildman–Crippen LogP) is 3.34. The highest BCUT2D eigenvalue weighted by Crippen LogP contribution is 2.33. The van der Waals surface area contributed by atoms with Crippen molar-refractivity contribution in [2.75, 3.05) is 7.11 Å². The number of rotatable bonds is 3. The first-order valence-electron chi connectivity index (χ1n) is 8.72. The standard InChI is InChI=1S/C19H24N2O2/c1-23-14-7-8-17-16(11-14)15-9-13(10-18(15)21-17)20-19(22)12-5-3-2-4-6-12/h7-8,11-13,21H,2-6,9-10H2,1H3,(H,20,22). The molecule has 1 saturated carbocycles. The molecule has 0 spiro atoms. The highest BCUT2D eigenvalue weighted by atomic mass is 16.5. The van der Waals surface area contributed by atoms with Gasteiger partial charge in [0.2, 0.25) is 5.91 Å². The minimum absolute atomic E-state index is 0.236. The van der Waals surface area contributed by atoms with Crippen LogP contribution in [0.5, 0.6) is 5.75 Å². The molecule has 1 amide bonds. The van der Waals surface area contributed by atoms with Crippen molar-refractivity contribution >= 4 is 16.8 Å². The molecule has 1 atom stereocenters. The normalized spacial score (nSPS) is 21.3. The van der Waals surface area contributed by atoms with Gasteiger partial charge < -0.3 is 15.0 Å². The highest BCUT2D eigenvalue weighted by Gasteiger charge is 2.29. The largest absolute Gasteiger partial charge is 0.497 e. The van der Waals surface area contributed by atoms with Crippen LogP contribution < -0.4 is 10.1 Å². The van der Waals surface area contributed by atoms with E-state index in [9.17, 15) is 4.79 Å². The zero-order valence-electron chi connectivity index (χ0n) is 13.7. The Kier molecular flexibility index (Phi) is 3.76. The van der Waals surface area contributed by atoms with Crippen LogP contribution in [0.4, 0.5) is 0 Å². The second-order valence-electron chi connectivity index (χ2n) is 6.94. The van der Waals surface area contributed by atoms with Gasteiger partial charge in [0.25, 0.3) is 0 Å². The van der Waals surface area contributed by atoms with Gasteiger partial charge in [0, 0.05) is 35.0 Å². The van der Waals surface area contributed by atoms with E-state index in [1.807, 2.05) is 6.07 Å². The average molecular weight is 312 g/mol. The summed E-state index contributed by atoms with van der Waals surface area (Å²) in [6.45, 7) is 0. The van der Waals surface area contributed by atoms with Crippen molar-refractivity contribution in [2.24, 2.45) is 5.92 Å². The van der Waals surface area contributed by atoms with E-state index in [1.54, 1.807) is 7.11 Å². The Morgan fingerprint density at radius 2 is 2.04 bits per heavy atom. The first-order valence-corrected chi connectivity index (χ1v) is 8.72. The van der Waals surface area contributed by atoms with Gasteiger partial charge in [-0.3, -0.25) is 4.79 Å². The minimum Gasteiger partial charge on any atom is -0.497 e. The summed E-state index contributed by atoms with van der Waals surface area (Å²) < 4.78 is 5.34. The lowest BCUT2D eigenvalue weighted by atomic mass is 9.88. The Morgan fingerprint density at radius 1 is 1.22 bits per heavy atom. The van der Waals surface area contributed by atoms with Gasteiger partial charge in [-0.25, -0.2) is 0 Å². The van der Waals surface area contributed by atoms with Crippen LogP contribution in [0.2, 0.25) is 0 Å². The number of H-pyrrole nitrogens is 1. The number of hydrogen-bond acceptors (Lipinski definition) is 2. The molecule has 4 rings (SSSR count). The van der Waals surface area contributed by atoms with Crippen molar-refractivity contribution in [3.05, 3.63) is 29.5 Å². The molecule has 0 saturated heterocycles. The number of hydrogen-bond donors (Lipinski definition) is 2. The molecule has 4 nitrogen and oxygen atoms in total. The van der Waals surface area contributed by atoms with E-state index in [0.717, 1.165) is 36.9 Å². The summed E-state index contributed by atoms with van der Waals surface area (Å²) in [5, 5.41) is 4.52. The van der Waals surface area contributed by atoms with Crippen molar-refractivity contribution < 1.29 is 9.53 Å². The number of methoxy groups -OCH3 is 1. The molecule has 2 aliphatic rings. The maximum Gasteiger partial charge on any atom is 0.223 e. The summed E-state index contributed by atoms with van der Waals surface area (Å²) in [5.74, 6) is 1.38. The van der Waals surface area contributed by atoms with Crippen LogP contribution >= 0.6 is 0 Å². The number of fused-ring (bicyclic) bond motifs is 3. The summed E-state index contributed by atoms with van der Waals surface area (Å²) in [4.78, 5) is 16.0. The lowest BCUT2D eigenvalue weighted by Crippen LogP contribution is -2.40. The maximum absolute atomic E-state index is 12.4. The molecule has 1 fully saturated rings. The molecule has 1 unspecified atom stereocenters. The van der Waals surface area contributed by atoms with Gasteiger partial charge >= 0.3 is 0 Å². The topological polar surface area (TPSA) is 54.1 Å².